The summed E-state index contributed by atoms with van der Waals surface area (Å²) in [5.74, 6) is 0.558. The van der Waals surface area contributed by atoms with E-state index in [1.54, 1.807) is 0 Å². The number of aryl methyl sites for hydroxylation is 1. The van der Waals surface area contributed by atoms with Crippen molar-refractivity contribution in [1.29, 1.82) is 0 Å². The highest BCUT2D eigenvalue weighted by molar-refractivity contribution is 5.65. The van der Waals surface area contributed by atoms with Crippen molar-refractivity contribution in [2.75, 3.05) is 0 Å². The molecular formula is C21H25O+. The van der Waals surface area contributed by atoms with Gasteiger partial charge in [-0.1, -0.05) is 60.6 Å². The third-order valence-corrected chi connectivity index (χ3v) is 3.72. The molecule has 2 rings (SSSR count). The number of allylic oxidation sites excluding steroid dienone is 9. The topological polar surface area (TPSA) is 22.9 Å². The smallest absolute Gasteiger partial charge is 0.261 e. The molecule has 0 radical (unpaired) electrons. The predicted octanol–water partition coefficient (Wildman–Crippen LogP) is 5.23. The van der Waals surface area contributed by atoms with E-state index in [9.17, 15) is 0 Å². The van der Waals surface area contributed by atoms with Crippen LogP contribution < -0.4 is 0 Å². The summed E-state index contributed by atoms with van der Waals surface area (Å²) < 4.78 is 0. The van der Waals surface area contributed by atoms with Crippen LogP contribution in [0.4, 0.5) is 0 Å². The van der Waals surface area contributed by atoms with Gasteiger partial charge in [-0.3, -0.25) is 0 Å². The summed E-state index contributed by atoms with van der Waals surface area (Å²) in [5.41, 5.74) is 5.80. The average molecular weight is 293 g/mol. The Balaban J connectivity index is 2.31. The summed E-state index contributed by atoms with van der Waals surface area (Å²) >= 11 is 0. The number of rotatable bonds is 4. The molecule has 1 aliphatic rings. The van der Waals surface area contributed by atoms with Crippen molar-refractivity contribution in [2.45, 2.75) is 33.6 Å². The molecule has 1 heteroatoms. The van der Waals surface area contributed by atoms with Crippen LogP contribution in [0.1, 0.15) is 37.8 Å². The fourth-order valence-electron chi connectivity index (χ4n) is 2.40. The van der Waals surface area contributed by atoms with E-state index in [1.165, 1.54) is 16.7 Å². The van der Waals surface area contributed by atoms with Crippen molar-refractivity contribution in [2.24, 2.45) is 0 Å². The van der Waals surface area contributed by atoms with Crippen LogP contribution >= 0.6 is 0 Å². The maximum absolute atomic E-state index is 8.36. The van der Waals surface area contributed by atoms with Crippen LogP contribution in [0.25, 0.3) is 5.76 Å². The zero-order chi connectivity index (χ0) is 15.9. The Morgan fingerprint density at radius 1 is 1.09 bits per heavy atom. The van der Waals surface area contributed by atoms with E-state index in [4.69, 9.17) is 5.11 Å². The molecule has 0 aliphatic heterocycles. The van der Waals surface area contributed by atoms with Gasteiger partial charge in [-0.25, -0.2) is 0 Å². The van der Waals surface area contributed by atoms with E-state index < -0.39 is 0 Å². The van der Waals surface area contributed by atoms with Gasteiger partial charge in [0.05, 0.1) is 5.56 Å². The quantitative estimate of drug-likeness (QED) is 0.412. The molecule has 1 nitrogen and oxygen atoms in total. The fourth-order valence-corrected chi connectivity index (χ4v) is 2.40. The summed E-state index contributed by atoms with van der Waals surface area (Å²) in [6.07, 6.45) is 14.8. The number of hydrogen-bond donors (Lipinski definition) is 0. The molecule has 0 saturated carbocycles. The van der Waals surface area contributed by atoms with Gasteiger partial charge in [0.15, 0.2) is 0 Å². The molecule has 22 heavy (non-hydrogen) atoms. The third-order valence-electron chi connectivity index (χ3n) is 3.72. The first-order valence-corrected chi connectivity index (χ1v) is 7.86. The third kappa shape index (κ3) is 4.36. The van der Waals surface area contributed by atoms with E-state index in [-0.39, 0.29) is 0 Å². The van der Waals surface area contributed by atoms with Gasteiger partial charge in [0.2, 0.25) is 0 Å². The standard InChI is InChI=1S/C21H24O/c1-4-6-20(18-8-5-7-16(2)9-12-18)15-21(22)19-13-10-17(3)11-14-19/h6-15,22H,4-5H2,1-3H3/p+1/b20-6+,21-15-. The minimum atomic E-state index is 0.558. The molecule has 0 fully saturated rings. The molecule has 0 amide bonds. The van der Waals surface area contributed by atoms with Gasteiger partial charge in [0.25, 0.3) is 5.76 Å². The molecule has 1 aromatic carbocycles. The molecule has 0 bridgehead atoms. The van der Waals surface area contributed by atoms with E-state index in [1.807, 2.05) is 18.2 Å². The van der Waals surface area contributed by atoms with Crippen LogP contribution in [0.2, 0.25) is 0 Å². The first kappa shape index (κ1) is 16.1. The predicted molar refractivity (Wildman–Crippen MR) is 96.7 cm³/mol. The van der Waals surface area contributed by atoms with Crippen LogP contribution in [0.15, 0.2) is 77.4 Å². The van der Waals surface area contributed by atoms with Gasteiger partial charge < -0.3 is 5.11 Å². The minimum absolute atomic E-state index is 0.558. The molecule has 2 N–H and O–H groups in total. The van der Waals surface area contributed by atoms with Crippen LogP contribution in [-0.2, 0) is 0 Å². The molecule has 0 spiro atoms. The van der Waals surface area contributed by atoms with Gasteiger partial charge in [-0.05, 0) is 50.0 Å². The summed E-state index contributed by atoms with van der Waals surface area (Å²) in [6.45, 7) is 6.32. The Morgan fingerprint density at radius 3 is 2.50 bits per heavy atom. The normalized spacial score (nSPS) is 16.1. The maximum Gasteiger partial charge on any atom is 0.261 e. The molecule has 0 atom stereocenters. The van der Waals surface area contributed by atoms with Crippen LogP contribution in [-0.4, -0.2) is 5.11 Å². The second-order valence-electron chi connectivity index (χ2n) is 5.67. The van der Waals surface area contributed by atoms with Gasteiger partial charge in [-0.15, -0.1) is 0 Å². The minimum Gasteiger partial charge on any atom is -0.593 e. The number of hydrogen-bond acceptors (Lipinski definition) is 0. The fraction of sp³-hybridized carbons (Fsp3) is 0.238. The lowest BCUT2D eigenvalue weighted by molar-refractivity contribution is 0.511. The first-order valence-electron chi connectivity index (χ1n) is 7.86. The average Bonchev–Trinajstić information content (AvgIpc) is 2.72. The lowest BCUT2D eigenvalue weighted by atomic mass is 10.0. The Kier molecular flexibility index (Phi) is 5.60. The first-order chi connectivity index (χ1) is 10.6. The van der Waals surface area contributed by atoms with Crippen molar-refractivity contribution in [3.8, 4) is 0 Å². The lowest BCUT2D eigenvalue weighted by Crippen LogP contribution is -1.89. The van der Waals surface area contributed by atoms with E-state index in [0.29, 0.717) is 5.76 Å². The van der Waals surface area contributed by atoms with Crippen LogP contribution in [0.3, 0.4) is 0 Å². The van der Waals surface area contributed by atoms with Gasteiger partial charge in [0, 0.05) is 6.08 Å². The number of benzene rings is 1. The SMILES string of the molecule is CC/C=C(\C=C(/[OH2+])c1ccc(C)cc1)C1=CCC=C(C)C=C1. The summed E-state index contributed by atoms with van der Waals surface area (Å²) in [7, 11) is 0. The molecule has 0 unspecified atom stereocenters. The van der Waals surface area contributed by atoms with Gasteiger partial charge in [0.1, 0.15) is 0 Å². The Morgan fingerprint density at radius 2 is 1.82 bits per heavy atom. The summed E-state index contributed by atoms with van der Waals surface area (Å²) in [5, 5.41) is 8.36. The van der Waals surface area contributed by atoms with Crippen LogP contribution in [0.5, 0.6) is 0 Å². The largest absolute Gasteiger partial charge is 0.593 e. The van der Waals surface area contributed by atoms with Crippen LogP contribution in [0, 0.1) is 6.92 Å². The molecule has 1 aromatic rings. The maximum atomic E-state index is 8.36. The highest BCUT2D eigenvalue weighted by Gasteiger charge is 2.08. The zero-order valence-electron chi connectivity index (χ0n) is 13.7. The molecule has 114 valence electrons. The lowest BCUT2D eigenvalue weighted by Gasteiger charge is -2.04. The molecule has 0 heterocycles. The highest BCUT2D eigenvalue weighted by Crippen LogP contribution is 2.23. The van der Waals surface area contributed by atoms with Crippen molar-refractivity contribution in [1.82, 2.24) is 0 Å². The molecule has 1 aliphatic carbocycles. The molecular weight excluding hydrogens is 268 g/mol. The Bertz CT molecular complexity index is 664. The molecule has 0 aromatic heterocycles. The van der Waals surface area contributed by atoms with Gasteiger partial charge >= 0.3 is 0 Å². The van der Waals surface area contributed by atoms with E-state index in [2.05, 4.69) is 63.3 Å². The monoisotopic (exact) mass is 293 g/mol. The summed E-state index contributed by atoms with van der Waals surface area (Å²) in [4.78, 5) is 0. The Labute approximate surface area is 133 Å². The zero-order valence-corrected chi connectivity index (χ0v) is 13.7. The Hall–Kier alpha value is -2.28. The summed E-state index contributed by atoms with van der Waals surface area (Å²) in [6, 6.07) is 8.14. The van der Waals surface area contributed by atoms with E-state index in [0.717, 1.165) is 24.0 Å². The van der Waals surface area contributed by atoms with Crippen molar-refractivity contribution < 1.29 is 5.11 Å². The van der Waals surface area contributed by atoms with Gasteiger partial charge in [-0.2, -0.15) is 0 Å². The van der Waals surface area contributed by atoms with Crippen molar-refractivity contribution in [3.63, 3.8) is 0 Å². The molecule has 0 saturated heterocycles. The highest BCUT2D eigenvalue weighted by atomic mass is 16.3. The van der Waals surface area contributed by atoms with Crippen molar-refractivity contribution >= 4 is 5.76 Å². The second-order valence-corrected chi connectivity index (χ2v) is 5.67. The van der Waals surface area contributed by atoms with E-state index >= 15 is 0 Å². The second kappa shape index (κ2) is 7.65. The van der Waals surface area contributed by atoms with Crippen molar-refractivity contribution in [3.05, 3.63) is 88.6 Å².